The highest BCUT2D eigenvalue weighted by atomic mass is 35.5. The van der Waals surface area contributed by atoms with E-state index in [4.69, 9.17) is 23.2 Å². The van der Waals surface area contributed by atoms with Crippen LogP contribution in [0.25, 0.3) is 0 Å². The first-order chi connectivity index (χ1) is 6.24. The average molecular weight is 217 g/mol. The van der Waals surface area contributed by atoms with Crippen LogP contribution in [-0.4, -0.2) is 19.6 Å². The van der Waals surface area contributed by atoms with Gasteiger partial charge in [0.1, 0.15) is 6.67 Å². The van der Waals surface area contributed by atoms with Gasteiger partial charge in [0.25, 0.3) is 0 Å². The van der Waals surface area contributed by atoms with Gasteiger partial charge in [-0.05, 0) is 0 Å². The van der Waals surface area contributed by atoms with Gasteiger partial charge in [-0.2, -0.15) is 10.2 Å². The third-order valence-corrected chi connectivity index (χ3v) is 1.88. The molecule has 0 atom stereocenters. The fraction of sp³-hybridized carbons (Fsp3) is 0.143. The molecule has 68 valence electrons. The Balaban J connectivity index is 2.14. The number of hydrogen-bond donors (Lipinski definition) is 0. The summed E-state index contributed by atoms with van der Waals surface area (Å²) in [4.78, 5) is 0. The van der Waals surface area contributed by atoms with Crippen molar-refractivity contribution in [3.05, 3.63) is 34.8 Å². The summed E-state index contributed by atoms with van der Waals surface area (Å²) in [5.74, 6) is 0. The van der Waals surface area contributed by atoms with E-state index in [1.54, 1.807) is 34.2 Å². The quantitative estimate of drug-likeness (QED) is 0.769. The van der Waals surface area contributed by atoms with Crippen molar-refractivity contribution in [1.82, 2.24) is 19.6 Å². The average Bonchev–Trinajstić information content (AvgIpc) is 2.62. The molecule has 0 aliphatic heterocycles. The monoisotopic (exact) mass is 216 g/mol. The highest BCUT2D eigenvalue weighted by molar-refractivity contribution is 6.30. The lowest BCUT2D eigenvalue weighted by Gasteiger charge is -1.99. The van der Waals surface area contributed by atoms with E-state index < -0.39 is 0 Å². The predicted octanol–water partition coefficient (Wildman–Crippen LogP) is 1.89. The van der Waals surface area contributed by atoms with Crippen molar-refractivity contribution in [2.24, 2.45) is 0 Å². The van der Waals surface area contributed by atoms with Crippen LogP contribution in [0.2, 0.25) is 10.0 Å². The molecule has 0 saturated heterocycles. The van der Waals surface area contributed by atoms with Crippen LogP contribution in [0.15, 0.2) is 24.8 Å². The Bertz CT molecular complexity index is 368. The van der Waals surface area contributed by atoms with E-state index in [0.29, 0.717) is 16.7 Å². The van der Waals surface area contributed by atoms with Crippen molar-refractivity contribution < 1.29 is 0 Å². The van der Waals surface area contributed by atoms with Gasteiger partial charge in [-0.25, -0.2) is 9.36 Å². The first-order valence-corrected chi connectivity index (χ1v) is 4.35. The Morgan fingerprint density at radius 1 is 1.00 bits per heavy atom. The topological polar surface area (TPSA) is 35.6 Å². The molecular weight excluding hydrogens is 211 g/mol. The molecule has 2 aromatic rings. The summed E-state index contributed by atoms with van der Waals surface area (Å²) in [6.07, 6.45) is 6.59. The minimum Gasteiger partial charge on any atom is -0.250 e. The van der Waals surface area contributed by atoms with E-state index in [1.165, 1.54) is 0 Å². The standard InChI is InChI=1S/C7H6Cl2N4/c8-6-1-10-12(3-6)5-13-4-7(9)2-11-13/h1-4H,5H2. The zero-order valence-corrected chi connectivity index (χ0v) is 8.07. The highest BCUT2D eigenvalue weighted by Crippen LogP contribution is 2.07. The maximum atomic E-state index is 5.69. The second-order valence-corrected chi connectivity index (χ2v) is 3.41. The Morgan fingerprint density at radius 2 is 1.46 bits per heavy atom. The van der Waals surface area contributed by atoms with Gasteiger partial charge in [-0.15, -0.1) is 0 Å². The lowest BCUT2D eigenvalue weighted by atomic mass is 10.7. The van der Waals surface area contributed by atoms with Crippen molar-refractivity contribution in [3.8, 4) is 0 Å². The molecule has 0 bridgehead atoms. The highest BCUT2D eigenvalue weighted by Gasteiger charge is 1.98. The summed E-state index contributed by atoms with van der Waals surface area (Å²) >= 11 is 11.4. The third-order valence-electron chi connectivity index (χ3n) is 1.49. The minimum absolute atomic E-state index is 0.513. The maximum absolute atomic E-state index is 5.69. The summed E-state index contributed by atoms with van der Waals surface area (Å²) in [5, 5.41) is 9.22. The summed E-state index contributed by atoms with van der Waals surface area (Å²) in [5.41, 5.74) is 0. The molecule has 2 aromatic heterocycles. The maximum Gasteiger partial charge on any atom is 0.133 e. The molecule has 0 saturated carbocycles. The molecule has 0 aliphatic rings. The fourth-order valence-electron chi connectivity index (χ4n) is 0.980. The van der Waals surface area contributed by atoms with Crippen LogP contribution >= 0.6 is 23.2 Å². The van der Waals surface area contributed by atoms with E-state index in [9.17, 15) is 0 Å². The van der Waals surface area contributed by atoms with Crippen LogP contribution in [0, 0.1) is 0 Å². The fourth-order valence-corrected chi connectivity index (χ4v) is 1.29. The van der Waals surface area contributed by atoms with E-state index in [-0.39, 0.29) is 0 Å². The predicted molar refractivity (Wildman–Crippen MR) is 49.9 cm³/mol. The smallest absolute Gasteiger partial charge is 0.133 e. The van der Waals surface area contributed by atoms with Gasteiger partial charge in [0.05, 0.1) is 22.4 Å². The second-order valence-electron chi connectivity index (χ2n) is 2.54. The Hall–Kier alpha value is -1.00. The Morgan fingerprint density at radius 3 is 1.77 bits per heavy atom. The van der Waals surface area contributed by atoms with Gasteiger partial charge in [0, 0.05) is 12.4 Å². The zero-order valence-electron chi connectivity index (χ0n) is 6.56. The number of nitrogens with zero attached hydrogens (tertiary/aromatic N) is 4. The van der Waals surface area contributed by atoms with Gasteiger partial charge < -0.3 is 0 Å². The largest absolute Gasteiger partial charge is 0.250 e. The molecule has 0 unspecified atom stereocenters. The van der Waals surface area contributed by atoms with Crippen molar-refractivity contribution in [3.63, 3.8) is 0 Å². The van der Waals surface area contributed by atoms with Crippen molar-refractivity contribution in [1.29, 1.82) is 0 Å². The summed E-state index contributed by atoms with van der Waals surface area (Å²) < 4.78 is 3.34. The van der Waals surface area contributed by atoms with Crippen LogP contribution in [0.4, 0.5) is 0 Å². The van der Waals surface area contributed by atoms with E-state index in [0.717, 1.165) is 0 Å². The molecule has 0 aliphatic carbocycles. The molecule has 2 heterocycles. The van der Waals surface area contributed by atoms with Crippen molar-refractivity contribution in [2.45, 2.75) is 6.67 Å². The molecule has 2 rings (SSSR count). The first kappa shape index (κ1) is 8.59. The summed E-state index contributed by atoms with van der Waals surface area (Å²) in [6, 6.07) is 0. The number of hydrogen-bond acceptors (Lipinski definition) is 2. The Kier molecular flexibility index (Phi) is 2.24. The number of halogens is 2. The normalized spacial score (nSPS) is 10.6. The lowest BCUT2D eigenvalue weighted by Crippen LogP contribution is -2.08. The lowest BCUT2D eigenvalue weighted by molar-refractivity contribution is 0.503. The first-order valence-electron chi connectivity index (χ1n) is 3.60. The van der Waals surface area contributed by atoms with Crippen LogP contribution in [0.1, 0.15) is 0 Å². The van der Waals surface area contributed by atoms with Gasteiger partial charge in [0.15, 0.2) is 0 Å². The van der Waals surface area contributed by atoms with Crippen molar-refractivity contribution in [2.75, 3.05) is 0 Å². The van der Waals surface area contributed by atoms with Gasteiger partial charge >= 0.3 is 0 Å². The van der Waals surface area contributed by atoms with E-state index in [1.807, 2.05) is 0 Å². The minimum atomic E-state index is 0.513. The number of aromatic nitrogens is 4. The molecular formula is C7H6Cl2N4. The van der Waals surface area contributed by atoms with Gasteiger partial charge in [-0.1, -0.05) is 23.2 Å². The SMILES string of the molecule is Clc1cnn(Cn2cc(Cl)cn2)c1. The zero-order chi connectivity index (χ0) is 9.26. The van der Waals surface area contributed by atoms with Crippen LogP contribution in [0.3, 0.4) is 0 Å². The van der Waals surface area contributed by atoms with Crippen LogP contribution in [0.5, 0.6) is 0 Å². The van der Waals surface area contributed by atoms with Crippen LogP contribution in [-0.2, 0) is 6.67 Å². The molecule has 4 nitrogen and oxygen atoms in total. The summed E-state index contributed by atoms with van der Waals surface area (Å²) in [6.45, 7) is 0.513. The second kappa shape index (κ2) is 3.40. The van der Waals surface area contributed by atoms with E-state index in [2.05, 4.69) is 10.2 Å². The molecule has 0 radical (unpaired) electrons. The molecule has 0 aromatic carbocycles. The van der Waals surface area contributed by atoms with Gasteiger partial charge in [-0.3, -0.25) is 0 Å². The molecule has 0 N–H and O–H groups in total. The van der Waals surface area contributed by atoms with Crippen molar-refractivity contribution >= 4 is 23.2 Å². The van der Waals surface area contributed by atoms with Gasteiger partial charge in [0.2, 0.25) is 0 Å². The van der Waals surface area contributed by atoms with Crippen LogP contribution < -0.4 is 0 Å². The molecule has 0 amide bonds. The molecule has 6 heteroatoms. The Labute approximate surface area is 84.7 Å². The summed E-state index contributed by atoms with van der Waals surface area (Å²) in [7, 11) is 0. The molecule has 13 heavy (non-hydrogen) atoms. The number of rotatable bonds is 2. The molecule has 0 spiro atoms. The third kappa shape index (κ3) is 2.02. The molecule has 0 fully saturated rings. The van der Waals surface area contributed by atoms with E-state index >= 15 is 0 Å².